The lowest BCUT2D eigenvalue weighted by atomic mass is 10.2. The number of hydrogen-bond acceptors (Lipinski definition) is 4. The summed E-state index contributed by atoms with van der Waals surface area (Å²) in [7, 11) is -3.44. The van der Waals surface area contributed by atoms with Gasteiger partial charge < -0.3 is 5.73 Å². The lowest BCUT2D eigenvalue weighted by molar-refractivity contribution is 0.423. The summed E-state index contributed by atoms with van der Waals surface area (Å²) >= 11 is 4.80. The number of nitrogens with two attached hydrogens (primary N) is 1. The van der Waals surface area contributed by atoms with Crippen LogP contribution in [-0.2, 0) is 10.0 Å². The first-order valence-electron chi connectivity index (χ1n) is 6.28. The van der Waals surface area contributed by atoms with Crippen molar-refractivity contribution in [3.63, 3.8) is 0 Å². The SMILES string of the molecule is NC(=S)c1ccc(S(=O)(=O)N2CCCCCC2)cn1. The van der Waals surface area contributed by atoms with Crippen molar-refractivity contribution in [1.82, 2.24) is 9.29 Å². The Labute approximate surface area is 118 Å². The standard InChI is InChI=1S/C12H17N3O2S2/c13-12(18)11-6-5-10(9-14-11)19(16,17)15-7-3-1-2-4-8-15/h5-6,9H,1-4,7-8H2,(H2,13,18). The molecule has 1 aromatic heterocycles. The highest BCUT2D eigenvalue weighted by Gasteiger charge is 2.25. The summed E-state index contributed by atoms with van der Waals surface area (Å²) in [6.45, 7) is 1.17. The molecule has 0 atom stereocenters. The molecule has 2 N–H and O–H groups in total. The van der Waals surface area contributed by atoms with Crippen LogP contribution in [0.15, 0.2) is 23.2 Å². The molecule has 0 saturated carbocycles. The minimum absolute atomic E-state index is 0.165. The summed E-state index contributed by atoms with van der Waals surface area (Å²) in [5.74, 6) is 0. The normalized spacial score (nSPS) is 17.9. The Balaban J connectivity index is 2.25. The smallest absolute Gasteiger partial charge is 0.244 e. The summed E-state index contributed by atoms with van der Waals surface area (Å²) in [5, 5.41) is 0. The average Bonchev–Trinajstić information content (AvgIpc) is 2.68. The third-order valence-corrected chi connectivity index (χ3v) is 5.28. The molecule has 0 aliphatic carbocycles. The monoisotopic (exact) mass is 299 g/mol. The van der Waals surface area contributed by atoms with E-state index in [-0.39, 0.29) is 9.88 Å². The molecular formula is C12H17N3O2S2. The van der Waals surface area contributed by atoms with Crippen LogP contribution in [0.3, 0.4) is 0 Å². The predicted octanol–water partition coefficient (Wildman–Crippen LogP) is 1.28. The zero-order valence-corrected chi connectivity index (χ0v) is 12.2. The van der Waals surface area contributed by atoms with Crippen LogP contribution >= 0.6 is 12.2 Å². The number of nitrogens with zero attached hydrogens (tertiary/aromatic N) is 2. The van der Waals surface area contributed by atoms with Crippen LogP contribution in [0.4, 0.5) is 0 Å². The summed E-state index contributed by atoms with van der Waals surface area (Å²) < 4.78 is 26.4. The Bertz CT molecular complexity index is 547. The molecule has 0 unspecified atom stereocenters. The molecule has 1 aliphatic heterocycles. The van der Waals surface area contributed by atoms with Crippen LogP contribution in [0.25, 0.3) is 0 Å². The van der Waals surface area contributed by atoms with Gasteiger partial charge in [0.25, 0.3) is 0 Å². The number of pyridine rings is 1. The van der Waals surface area contributed by atoms with Crippen LogP contribution in [0.5, 0.6) is 0 Å². The van der Waals surface area contributed by atoms with Crippen molar-refractivity contribution in [2.45, 2.75) is 30.6 Å². The summed E-state index contributed by atoms with van der Waals surface area (Å²) in [5.41, 5.74) is 5.88. The highest BCUT2D eigenvalue weighted by atomic mass is 32.2. The fraction of sp³-hybridized carbons (Fsp3) is 0.500. The molecule has 7 heteroatoms. The molecule has 2 rings (SSSR count). The van der Waals surface area contributed by atoms with Crippen LogP contribution in [0.2, 0.25) is 0 Å². The number of rotatable bonds is 3. The number of aromatic nitrogens is 1. The lowest BCUT2D eigenvalue weighted by Crippen LogP contribution is -2.32. The molecule has 1 saturated heterocycles. The highest BCUT2D eigenvalue weighted by Crippen LogP contribution is 2.19. The number of sulfonamides is 1. The minimum Gasteiger partial charge on any atom is -0.388 e. The van der Waals surface area contributed by atoms with E-state index in [2.05, 4.69) is 4.98 Å². The maximum absolute atomic E-state index is 12.4. The second-order valence-corrected chi connectivity index (χ2v) is 6.94. The van der Waals surface area contributed by atoms with E-state index in [1.165, 1.54) is 16.6 Å². The predicted molar refractivity (Wildman–Crippen MR) is 77.4 cm³/mol. The van der Waals surface area contributed by atoms with Crippen molar-refractivity contribution in [2.75, 3.05) is 13.1 Å². The third-order valence-electron chi connectivity index (χ3n) is 3.19. The van der Waals surface area contributed by atoms with E-state index in [4.69, 9.17) is 18.0 Å². The van der Waals surface area contributed by atoms with Crippen molar-refractivity contribution in [3.8, 4) is 0 Å². The molecule has 19 heavy (non-hydrogen) atoms. The molecule has 0 aromatic carbocycles. The van der Waals surface area contributed by atoms with Crippen molar-refractivity contribution in [2.24, 2.45) is 5.73 Å². The molecule has 1 aliphatic rings. The molecule has 0 radical (unpaired) electrons. The van der Waals surface area contributed by atoms with Crippen LogP contribution in [-0.4, -0.2) is 35.8 Å². The maximum atomic E-state index is 12.4. The molecule has 0 bridgehead atoms. The fourth-order valence-corrected chi connectivity index (χ4v) is 3.69. The van der Waals surface area contributed by atoms with Crippen molar-refractivity contribution >= 4 is 27.2 Å². The van der Waals surface area contributed by atoms with E-state index < -0.39 is 10.0 Å². The minimum atomic E-state index is -3.44. The Morgan fingerprint density at radius 2 is 1.84 bits per heavy atom. The Kier molecular flexibility index (Phi) is 4.49. The fourth-order valence-electron chi connectivity index (χ4n) is 2.11. The molecule has 2 heterocycles. The van der Waals surface area contributed by atoms with Gasteiger partial charge in [-0.3, -0.25) is 4.98 Å². The van der Waals surface area contributed by atoms with Gasteiger partial charge in [0, 0.05) is 19.3 Å². The quantitative estimate of drug-likeness (QED) is 0.851. The summed E-state index contributed by atoms with van der Waals surface area (Å²) in [6.07, 6.45) is 5.33. The van der Waals surface area contributed by atoms with Gasteiger partial charge >= 0.3 is 0 Å². The topological polar surface area (TPSA) is 76.3 Å². The maximum Gasteiger partial charge on any atom is 0.244 e. The molecule has 1 fully saturated rings. The lowest BCUT2D eigenvalue weighted by Gasteiger charge is -2.19. The van der Waals surface area contributed by atoms with Crippen molar-refractivity contribution in [3.05, 3.63) is 24.0 Å². The van der Waals surface area contributed by atoms with E-state index in [0.29, 0.717) is 18.8 Å². The number of hydrogen-bond donors (Lipinski definition) is 1. The second-order valence-electron chi connectivity index (χ2n) is 4.56. The van der Waals surface area contributed by atoms with E-state index in [1.807, 2.05) is 0 Å². The van der Waals surface area contributed by atoms with Crippen LogP contribution < -0.4 is 5.73 Å². The average molecular weight is 299 g/mol. The van der Waals surface area contributed by atoms with Gasteiger partial charge in [0.1, 0.15) is 9.88 Å². The molecule has 5 nitrogen and oxygen atoms in total. The van der Waals surface area contributed by atoms with Crippen LogP contribution in [0, 0.1) is 0 Å². The Hall–Kier alpha value is -1.05. The zero-order valence-electron chi connectivity index (χ0n) is 10.6. The van der Waals surface area contributed by atoms with Gasteiger partial charge in [-0.25, -0.2) is 8.42 Å². The van der Waals surface area contributed by atoms with Gasteiger partial charge in [-0.15, -0.1) is 0 Å². The van der Waals surface area contributed by atoms with Gasteiger partial charge in [-0.2, -0.15) is 4.31 Å². The first-order valence-corrected chi connectivity index (χ1v) is 8.12. The van der Waals surface area contributed by atoms with Crippen molar-refractivity contribution in [1.29, 1.82) is 0 Å². The Morgan fingerprint density at radius 1 is 1.21 bits per heavy atom. The van der Waals surface area contributed by atoms with Gasteiger partial charge in [-0.05, 0) is 25.0 Å². The molecule has 0 amide bonds. The van der Waals surface area contributed by atoms with E-state index in [0.717, 1.165) is 25.7 Å². The third kappa shape index (κ3) is 3.29. The van der Waals surface area contributed by atoms with Crippen LogP contribution in [0.1, 0.15) is 31.4 Å². The molecular weight excluding hydrogens is 282 g/mol. The number of thiocarbonyl (C=S) groups is 1. The van der Waals surface area contributed by atoms with E-state index in [9.17, 15) is 8.42 Å². The zero-order chi connectivity index (χ0) is 13.9. The summed E-state index contributed by atoms with van der Waals surface area (Å²) in [4.78, 5) is 4.36. The van der Waals surface area contributed by atoms with Gasteiger partial charge in [0.05, 0.1) is 5.69 Å². The first kappa shape index (κ1) is 14.4. The first-order chi connectivity index (χ1) is 9.01. The van der Waals surface area contributed by atoms with Gasteiger partial charge in [0.15, 0.2) is 0 Å². The van der Waals surface area contributed by atoms with Gasteiger partial charge in [-0.1, -0.05) is 25.1 Å². The summed E-state index contributed by atoms with van der Waals surface area (Å²) in [6, 6.07) is 3.06. The largest absolute Gasteiger partial charge is 0.388 e. The van der Waals surface area contributed by atoms with Gasteiger partial charge in [0.2, 0.25) is 10.0 Å². The van der Waals surface area contributed by atoms with E-state index in [1.54, 1.807) is 6.07 Å². The molecule has 0 spiro atoms. The second kappa shape index (κ2) is 5.94. The highest BCUT2D eigenvalue weighted by molar-refractivity contribution is 7.89. The van der Waals surface area contributed by atoms with Crippen molar-refractivity contribution < 1.29 is 8.42 Å². The van der Waals surface area contributed by atoms with E-state index >= 15 is 0 Å². The molecule has 104 valence electrons. The Morgan fingerprint density at radius 3 is 2.32 bits per heavy atom. The molecule has 1 aromatic rings.